The third kappa shape index (κ3) is 6.18. The smallest absolute Gasteiger partial charge is 0.293 e. The summed E-state index contributed by atoms with van der Waals surface area (Å²) in [6.07, 6.45) is 0.826. The molecule has 1 fully saturated rings. The summed E-state index contributed by atoms with van der Waals surface area (Å²) in [5.41, 5.74) is 1.49. The number of imide groups is 1. The number of amides is 3. The van der Waals surface area contributed by atoms with Crippen LogP contribution >= 0.6 is 11.8 Å². The molecule has 9 heteroatoms. The van der Waals surface area contributed by atoms with Crippen molar-refractivity contribution in [2.75, 3.05) is 20.2 Å². The van der Waals surface area contributed by atoms with E-state index in [1.165, 1.54) is 30.3 Å². The van der Waals surface area contributed by atoms with Crippen LogP contribution in [0.1, 0.15) is 18.1 Å². The number of carbonyl (C=O) groups excluding carboxylic acids is 3. The number of hydrogen-bond acceptors (Lipinski definition) is 6. The number of hydrogen-bond donors (Lipinski definition) is 1. The van der Waals surface area contributed by atoms with Gasteiger partial charge in [0.2, 0.25) is 5.91 Å². The molecule has 168 valence electrons. The molecule has 3 amide bonds. The van der Waals surface area contributed by atoms with E-state index in [9.17, 15) is 18.8 Å². The number of carbonyl (C=O) groups is 3. The highest BCUT2D eigenvalue weighted by atomic mass is 32.2. The minimum absolute atomic E-state index is 0.0414. The molecular formula is C23H23FN2O5S. The van der Waals surface area contributed by atoms with Gasteiger partial charge in [-0.05, 0) is 60.2 Å². The molecule has 0 radical (unpaired) electrons. The van der Waals surface area contributed by atoms with E-state index in [1.807, 2.05) is 24.3 Å². The van der Waals surface area contributed by atoms with E-state index in [2.05, 4.69) is 5.32 Å². The number of methoxy groups -OCH3 is 1. The zero-order chi connectivity index (χ0) is 23.1. The van der Waals surface area contributed by atoms with E-state index in [4.69, 9.17) is 9.47 Å². The summed E-state index contributed by atoms with van der Waals surface area (Å²) in [6, 6.07) is 13.0. The fraction of sp³-hybridized carbons (Fsp3) is 0.261. The standard InChI is InChI=1S/C23H23FN2O5S/c1-15(31-14-17-4-3-5-19(12-17)30-2)21(27)25-10-11-26-22(28)20(32-23(26)29)13-16-6-8-18(24)9-7-16/h3-9,12-13,15H,10-11,14H2,1-2H3,(H,25,27)/b20-13-. The number of thioether (sulfide) groups is 1. The lowest BCUT2D eigenvalue weighted by molar-refractivity contribution is -0.132. The Labute approximate surface area is 189 Å². The van der Waals surface area contributed by atoms with Crippen LogP contribution in [-0.4, -0.2) is 48.3 Å². The molecular weight excluding hydrogens is 435 g/mol. The quantitative estimate of drug-likeness (QED) is 0.578. The highest BCUT2D eigenvalue weighted by Gasteiger charge is 2.34. The van der Waals surface area contributed by atoms with Crippen molar-refractivity contribution >= 4 is 34.9 Å². The van der Waals surface area contributed by atoms with Crippen molar-refractivity contribution < 1.29 is 28.2 Å². The predicted octanol–water partition coefficient (Wildman–Crippen LogP) is 3.59. The van der Waals surface area contributed by atoms with Gasteiger partial charge < -0.3 is 14.8 Å². The highest BCUT2D eigenvalue weighted by molar-refractivity contribution is 8.18. The number of ether oxygens (including phenoxy) is 2. The highest BCUT2D eigenvalue weighted by Crippen LogP contribution is 2.31. The molecule has 1 atom stereocenters. The first-order chi connectivity index (χ1) is 15.4. The van der Waals surface area contributed by atoms with E-state index in [1.54, 1.807) is 14.0 Å². The molecule has 2 aromatic carbocycles. The molecule has 2 aromatic rings. The molecule has 0 spiro atoms. The average Bonchev–Trinajstić information content (AvgIpc) is 3.06. The Morgan fingerprint density at radius 2 is 1.97 bits per heavy atom. The first-order valence-corrected chi connectivity index (χ1v) is 10.7. The third-order valence-electron chi connectivity index (χ3n) is 4.68. The molecule has 1 unspecified atom stereocenters. The molecule has 0 aliphatic carbocycles. The molecule has 1 heterocycles. The van der Waals surface area contributed by atoms with E-state index in [-0.39, 0.29) is 36.3 Å². The summed E-state index contributed by atoms with van der Waals surface area (Å²) in [4.78, 5) is 38.3. The largest absolute Gasteiger partial charge is 0.497 e. The molecule has 1 saturated heterocycles. The van der Waals surface area contributed by atoms with Gasteiger partial charge >= 0.3 is 0 Å². The molecule has 3 rings (SSSR count). The maximum atomic E-state index is 13.0. The molecule has 7 nitrogen and oxygen atoms in total. The molecule has 1 N–H and O–H groups in total. The van der Waals surface area contributed by atoms with Gasteiger partial charge in [0, 0.05) is 13.1 Å². The van der Waals surface area contributed by atoms with Gasteiger partial charge in [-0.25, -0.2) is 4.39 Å². The summed E-state index contributed by atoms with van der Waals surface area (Å²) in [5, 5.41) is 2.26. The van der Waals surface area contributed by atoms with Gasteiger partial charge in [-0.1, -0.05) is 24.3 Å². The second-order valence-corrected chi connectivity index (χ2v) is 7.97. The maximum Gasteiger partial charge on any atom is 0.293 e. The SMILES string of the molecule is COc1cccc(COC(C)C(=O)NCCN2C(=O)S/C(=C\c3ccc(F)cc3)C2=O)c1. The van der Waals surface area contributed by atoms with Crippen molar-refractivity contribution in [1.29, 1.82) is 0 Å². The van der Waals surface area contributed by atoms with E-state index >= 15 is 0 Å². The number of halogens is 1. The van der Waals surface area contributed by atoms with E-state index in [0.29, 0.717) is 11.3 Å². The Kier molecular flexibility index (Phi) is 8.02. The average molecular weight is 459 g/mol. The van der Waals surface area contributed by atoms with Crippen LogP contribution in [-0.2, 0) is 20.9 Å². The number of rotatable bonds is 9. The first kappa shape index (κ1) is 23.5. The summed E-state index contributed by atoms with van der Waals surface area (Å²) in [7, 11) is 1.58. The number of nitrogens with zero attached hydrogens (tertiary/aromatic N) is 1. The minimum atomic E-state index is -0.713. The van der Waals surface area contributed by atoms with Crippen LogP contribution in [0.5, 0.6) is 5.75 Å². The van der Waals surface area contributed by atoms with Gasteiger partial charge in [-0.2, -0.15) is 0 Å². The first-order valence-electron chi connectivity index (χ1n) is 9.90. The zero-order valence-corrected chi connectivity index (χ0v) is 18.5. The van der Waals surface area contributed by atoms with Crippen LogP contribution < -0.4 is 10.1 Å². The van der Waals surface area contributed by atoms with Gasteiger partial charge in [0.1, 0.15) is 17.7 Å². The second kappa shape index (κ2) is 10.9. The molecule has 0 saturated carbocycles. The zero-order valence-electron chi connectivity index (χ0n) is 17.7. The topological polar surface area (TPSA) is 84.9 Å². The van der Waals surface area contributed by atoms with Crippen molar-refractivity contribution in [3.8, 4) is 5.75 Å². The van der Waals surface area contributed by atoms with Gasteiger partial charge in [0.15, 0.2) is 0 Å². The van der Waals surface area contributed by atoms with Crippen LogP contribution in [0.25, 0.3) is 6.08 Å². The van der Waals surface area contributed by atoms with Crippen LogP contribution in [0.2, 0.25) is 0 Å². The Morgan fingerprint density at radius 3 is 2.69 bits per heavy atom. The van der Waals surface area contributed by atoms with Gasteiger partial charge in [-0.15, -0.1) is 0 Å². The maximum absolute atomic E-state index is 13.0. The summed E-state index contributed by atoms with van der Waals surface area (Å²) >= 11 is 0.812. The Hall–Kier alpha value is -3.17. The monoisotopic (exact) mass is 458 g/mol. The van der Waals surface area contributed by atoms with Crippen molar-refractivity contribution in [2.24, 2.45) is 0 Å². The lowest BCUT2D eigenvalue weighted by Crippen LogP contribution is -2.41. The van der Waals surface area contributed by atoms with Crippen molar-refractivity contribution in [3.63, 3.8) is 0 Å². The summed E-state index contributed by atoms with van der Waals surface area (Å²) < 4.78 is 23.8. The molecule has 1 aliphatic heterocycles. The predicted molar refractivity (Wildman–Crippen MR) is 119 cm³/mol. The van der Waals surface area contributed by atoms with Gasteiger partial charge in [0.05, 0.1) is 18.6 Å². The van der Waals surface area contributed by atoms with Crippen LogP contribution in [0, 0.1) is 5.82 Å². The molecule has 0 aromatic heterocycles. The Balaban J connectivity index is 1.46. The van der Waals surface area contributed by atoms with E-state index in [0.717, 1.165) is 22.2 Å². The van der Waals surface area contributed by atoms with Gasteiger partial charge in [-0.3, -0.25) is 19.3 Å². The lowest BCUT2D eigenvalue weighted by atomic mass is 10.2. The number of benzene rings is 2. The minimum Gasteiger partial charge on any atom is -0.497 e. The van der Waals surface area contributed by atoms with Crippen molar-refractivity contribution in [1.82, 2.24) is 10.2 Å². The van der Waals surface area contributed by atoms with Crippen LogP contribution in [0.15, 0.2) is 53.4 Å². The molecule has 0 bridgehead atoms. The van der Waals surface area contributed by atoms with Crippen molar-refractivity contribution in [2.45, 2.75) is 19.6 Å². The summed E-state index contributed by atoms with van der Waals surface area (Å²) in [6.45, 7) is 2.01. The van der Waals surface area contributed by atoms with Crippen LogP contribution in [0.3, 0.4) is 0 Å². The molecule has 32 heavy (non-hydrogen) atoms. The summed E-state index contributed by atoms with van der Waals surface area (Å²) in [5.74, 6) is -0.468. The number of nitrogens with one attached hydrogen (secondary N) is 1. The second-order valence-electron chi connectivity index (χ2n) is 6.98. The van der Waals surface area contributed by atoms with Crippen molar-refractivity contribution in [3.05, 3.63) is 70.4 Å². The Morgan fingerprint density at radius 1 is 1.22 bits per heavy atom. The van der Waals surface area contributed by atoms with Gasteiger partial charge in [0.25, 0.3) is 11.1 Å². The fourth-order valence-corrected chi connectivity index (χ4v) is 3.76. The Bertz CT molecular complexity index is 1030. The van der Waals surface area contributed by atoms with Crippen LogP contribution in [0.4, 0.5) is 9.18 Å². The van der Waals surface area contributed by atoms with E-state index < -0.39 is 17.3 Å². The fourth-order valence-electron chi connectivity index (χ4n) is 2.90. The molecule has 1 aliphatic rings. The normalized spacial score (nSPS) is 15.8. The third-order valence-corrected chi connectivity index (χ3v) is 5.59. The lowest BCUT2D eigenvalue weighted by Gasteiger charge is -2.16.